The molecule has 0 aliphatic carbocycles. The van der Waals surface area contributed by atoms with E-state index in [0.29, 0.717) is 26.2 Å². The zero-order valence-corrected chi connectivity index (χ0v) is 15.4. The largest absolute Gasteiger partial charge is 0.492 e. The number of nitrogens with zero attached hydrogens (tertiary/aromatic N) is 2. The van der Waals surface area contributed by atoms with Crippen LogP contribution in [0.1, 0.15) is 5.56 Å². The summed E-state index contributed by atoms with van der Waals surface area (Å²) < 4.78 is 19.3. The van der Waals surface area contributed by atoms with Crippen LogP contribution in [0.3, 0.4) is 0 Å². The second-order valence-electron chi connectivity index (χ2n) is 6.66. The van der Waals surface area contributed by atoms with Crippen molar-refractivity contribution in [3.05, 3.63) is 66.0 Å². The first-order valence-electron chi connectivity index (χ1n) is 9.33. The fraction of sp³-hybridized carbons (Fsp3) is 0.381. The van der Waals surface area contributed by atoms with Crippen molar-refractivity contribution in [2.45, 2.75) is 6.54 Å². The van der Waals surface area contributed by atoms with Gasteiger partial charge in [-0.05, 0) is 18.2 Å². The van der Waals surface area contributed by atoms with E-state index < -0.39 is 0 Å². The van der Waals surface area contributed by atoms with Crippen molar-refractivity contribution in [1.29, 1.82) is 0 Å². The molecule has 0 aromatic heterocycles. The summed E-state index contributed by atoms with van der Waals surface area (Å²) in [5, 5.41) is 2.89. The molecule has 0 saturated carbocycles. The maximum absolute atomic E-state index is 13.7. The van der Waals surface area contributed by atoms with Crippen LogP contribution >= 0.6 is 0 Å². The Labute approximate surface area is 159 Å². The molecule has 0 unspecified atom stereocenters. The molecule has 27 heavy (non-hydrogen) atoms. The maximum atomic E-state index is 13.7. The number of carbonyl (C=O) groups is 1. The number of amides is 1. The smallest absolute Gasteiger partial charge is 0.234 e. The Morgan fingerprint density at radius 3 is 2.37 bits per heavy atom. The van der Waals surface area contributed by atoms with Gasteiger partial charge in [-0.25, -0.2) is 4.39 Å². The zero-order chi connectivity index (χ0) is 18.9. The topological polar surface area (TPSA) is 44.8 Å². The predicted molar refractivity (Wildman–Crippen MR) is 103 cm³/mol. The molecule has 2 aromatic carbocycles. The van der Waals surface area contributed by atoms with Crippen LogP contribution in [0, 0.1) is 5.82 Å². The highest BCUT2D eigenvalue weighted by atomic mass is 19.1. The summed E-state index contributed by atoms with van der Waals surface area (Å²) in [6.07, 6.45) is 0. The maximum Gasteiger partial charge on any atom is 0.234 e. The molecule has 6 heteroatoms. The van der Waals surface area contributed by atoms with Crippen molar-refractivity contribution in [3.8, 4) is 5.75 Å². The summed E-state index contributed by atoms with van der Waals surface area (Å²) in [6, 6.07) is 16.4. The van der Waals surface area contributed by atoms with Gasteiger partial charge in [0, 0.05) is 38.3 Å². The second-order valence-corrected chi connectivity index (χ2v) is 6.66. The number of benzene rings is 2. The van der Waals surface area contributed by atoms with E-state index in [0.717, 1.165) is 37.5 Å². The number of hydrogen-bond donors (Lipinski definition) is 1. The van der Waals surface area contributed by atoms with E-state index in [1.165, 1.54) is 6.07 Å². The number of para-hydroxylation sites is 1. The number of carbonyl (C=O) groups excluding carboxylic acids is 1. The Kier molecular flexibility index (Phi) is 7.19. The van der Waals surface area contributed by atoms with Gasteiger partial charge in [-0.3, -0.25) is 14.6 Å². The van der Waals surface area contributed by atoms with Crippen molar-refractivity contribution in [1.82, 2.24) is 15.1 Å². The molecule has 5 nitrogen and oxygen atoms in total. The van der Waals surface area contributed by atoms with Gasteiger partial charge in [-0.1, -0.05) is 36.4 Å². The lowest BCUT2D eigenvalue weighted by atomic mass is 10.2. The Morgan fingerprint density at radius 2 is 1.63 bits per heavy atom. The molecule has 144 valence electrons. The van der Waals surface area contributed by atoms with Crippen LogP contribution in [0.5, 0.6) is 5.75 Å². The highest BCUT2D eigenvalue weighted by Crippen LogP contribution is 2.12. The van der Waals surface area contributed by atoms with Gasteiger partial charge in [0.1, 0.15) is 18.2 Å². The summed E-state index contributed by atoms with van der Waals surface area (Å²) in [7, 11) is 0. The molecule has 1 saturated heterocycles. The Balaban J connectivity index is 1.30. The van der Waals surface area contributed by atoms with E-state index in [1.807, 2.05) is 42.5 Å². The van der Waals surface area contributed by atoms with E-state index in [-0.39, 0.29) is 11.7 Å². The molecular formula is C21H26FN3O2. The number of ether oxygens (including phenoxy) is 1. The number of rotatable bonds is 8. The minimum absolute atomic E-state index is 0.00853. The molecule has 0 atom stereocenters. The van der Waals surface area contributed by atoms with E-state index in [1.54, 1.807) is 6.07 Å². The van der Waals surface area contributed by atoms with Crippen LogP contribution < -0.4 is 10.1 Å². The summed E-state index contributed by atoms with van der Waals surface area (Å²) in [6.45, 7) is 5.22. The molecule has 2 aromatic rings. The molecule has 1 heterocycles. The third kappa shape index (κ3) is 6.34. The zero-order valence-electron chi connectivity index (χ0n) is 15.4. The number of halogens is 1. The molecule has 1 N–H and O–H groups in total. The van der Waals surface area contributed by atoms with Gasteiger partial charge in [0.05, 0.1) is 13.1 Å². The van der Waals surface area contributed by atoms with Crippen LogP contribution in [0.2, 0.25) is 0 Å². The van der Waals surface area contributed by atoms with Crippen molar-refractivity contribution in [2.24, 2.45) is 0 Å². The quantitative estimate of drug-likeness (QED) is 0.722. The lowest BCUT2D eigenvalue weighted by Crippen LogP contribution is -2.49. The molecular weight excluding hydrogens is 345 g/mol. The SMILES string of the molecule is O=C(CN1CCN(Cc2ccccc2F)CC1)NCCOc1ccccc1. The molecule has 0 radical (unpaired) electrons. The first-order valence-corrected chi connectivity index (χ1v) is 9.33. The standard InChI is InChI=1S/C21H26FN3O2/c22-20-9-5-4-6-18(20)16-24-11-13-25(14-12-24)17-21(26)23-10-15-27-19-7-2-1-3-8-19/h1-9H,10-17H2,(H,23,26). The van der Waals surface area contributed by atoms with Gasteiger partial charge in [0.25, 0.3) is 0 Å². The summed E-state index contributed by atoms with van der Waals surface area (Å²) >= 11 is 0. The lowest BCUT2D eigenvalue weighted by Gasteiger charge is -2.34. The lowest BCUT2D eigenvalue weighted by molar-refractivity contribution is -0.122. The molecule has 1 aliphatic heterocycles. The minimum Gasteiger partial charge on any atom is -0.492 e. The van der Waals surface area contributed by atoms with Crippen molar-refractivity contribution >= 4 is 5.91 Å². The molecule has 3 rings (SSSR count). The third-order valence-electron chi connectivity index (χ3n) is 4.62. The highest BCUT2D eigenvalue weighted by Gasteiger charge is 2.19. The van der Waals surface area contributed by atoms with Gasteiger partial charge in [0.2, 0.25) is 5.91 Å². The van der Waals surface area contributed by atoms with Crippen molar-refractivity contribution in [2.75, 3.05) is 45.9 Å². The Morgan fingerprint density at radius 1 is 0.963 bits per heavy atom. The van der Waals surface area contributed by atoms with Crippen molar-refractivity contribution in [3.63, 3.8) is 0 Å². The highest BCUT2D eigenvalue weighted by molar-refractivity contribution is 5.78. The molecule has 1 aliphatic rings. The molecule has 1 fully saturated rings. The van der Waals surface area contributed by atoms with E-state index in [2.05, 4.69) is 15.1 Å². The average Bonchev–Trinajstić information content (AvgIpc) is 2.69. The van der Waals surface area contributed by atoms with Gasteiger partial charge in [0.15, 0.2) is 0 Å². The summed E-state index contributed by atoms with van der Waals surface area (Å²) in [5.41, 5.74) is 0.724. The van der Waals surface area contributed by atoms with E-state index >= 15 is 0 Å². The molecule has 0 spiro atoms. The number of nitrogens with one attached hydrogen (secondary N) is 1. The van der Waals surface area contributed by atoms with E-state index in [9.17, 15) is 9.18 Å². The monoisotopic (exact) mass is 371 g/mol. The normalized spacial score (nSPS) is 15.4. The second kappa shape index (κ2) is 10.0. The van der Waals surface area contributed by atoms with Crippen LogP contribution in [-0.2, 0) is 11.3 Å². The Hall–Kier alpha value is -2.44. The predicted octanol–water partition coefficient (Wildman–Crippen LogP) is 2.14. The van der Waals surface area contributed by atoms with Crippen LogP contribution in [0.15, 0.2) is 54.6 Å². The van der Waals surface area contributed by atoms with Gasteiger partial charge >= 0.3 is 0 Å². The summed E-state index contributed by atoms with van der Waals surface area (Å²) in [5.74, 6) is 0.656. The minimum atomic E-state index is -0.156. The number of hydrogen-bond acceptors (Lipinski definition) is 4. The van der Waals surface area contributed by atoms with Crippen molar-refractivity contribution < 1.29 is 13.9 Å². The van der Waals surface area contributed by atoms with Crippen LogP contribution in [0.25, 0.3) is 0 Å². The first kappa shape index (κ1) is 19.3. The fourth-order valence-electron chi connectivity index (χ4n) is 3.11. The average molecular weight is 371 g/mol. The molecule has 0 bridgehead atoms. The van der Waals surface area contributed by atoms with Gasteiger partial charge in [-0.2, -0.15) is 0 Å². The fourth-order valence-corrected chi connectivity index (χ4v) is 3.11. The van der Waals surface area contributed by atoms with Crippen LogP contribution in [0.4, 0.5) is 4.39 Å². The van der Waals surface area contributed by atoms with Gasteiger partial charge < -0.3 is 10.1 Å². The van der Waals surface area contributed by atoms with E-state index in [4.69, 9.17) is 4.74 Å². The van der Waals surface area contributed by atoms with Gasteiger partial charge in [-0.15, -0.1) is 0 Å². The van der Waals surface area contributed by atoms with Crippen LogP contribution in [-0.4, -0.2) is 61.6 Å². The Bertz CT molecular complexity index is 718. The first-order chi connectivity index (χ1) is 13.2. The molecule has 1 amide bonds. The summed E-state index contributed by atoms with van der Waals surface area (Å²) in [4.78, 5) is 16.4. The third-order valence-corrected chi connectivity index (χ3v) is 4.62. The number of piperazine rings is 1.